The summed E-state index contributed by atoms with van der Waals surface area (Å²) >= 11 is 0. The topological polar surface area (TPSA) is 197 Å². The summed E-state index contributed by atoms with van der Waals surface area (Å²) in [6, 6.07) is 7.32. The number of unbranched alkanes of at least 4 members (excludes halogenated alkanes) is 11. The fourth-order valence-corrected chi connectivity index (χ4v) is 6.36. The smallest absolute Gasteiger partial charge is 0.318 e. The molecule has 0 aromatic heterocycles. The van der Waals surface area contributed by atoms with E-state index in [4.69, 9.17) is 26.2 Å². The molecule has 0 aliphatic rings. The van der Waals surface area contributed by atoms with Gasteiger partial charge in [0.15, 0.2) is 6.16 Å². The van der Waals surface area contributed by atoms with Gasteiger partial charge in [-0.2, -0.15) is 4.89 Å². The minimum absolute atomic E-state index is 0.0394. The van der Waals surface area contributed by atoms with Crippen LogP contribution in [0.15, 0.2) is 36.5 Å². The van der Waals surface area contributed by atoms with Crippen molar-refractivity contribution in [2.45, 2.75) is 108 Å². The molecule has 3 unspecified atom stereocenters. The van der Waals surface area contributed by atoms with Crippen LogP contribution in [0.25, 0.3) is 0 Å². The van der Waals surface area contributed by atoms with Gasteiger partial charge in [0.1, 0.15) is 12.5 Å². The Morgan fingerprint density at radius 2 is 1.33 bits per heavy atom. The van der Waals surface area contributed by atoms with E-state index in [1.807, 2.05) is 24.3 Å². The molecule has 13 nitrogen and oxygen atoms in total. The van der Waals surface area contributed by atoms with Gasteiger partial charge in [0.2, 0.25) is 7.77 Å². The molecule has 1 rings (SSSR count). The first-order valence-corrected chi connectivity index (χ1v) is 21.0. The third-order valence-electron chi connectivity index (χ3n) is 8.66. The Bertz CT molecular complexity index is 1040. The van der Waals surface area contributed by atoms with Crippen LogP contribution < -0.4 is 27.6 Å². The Balaban J connectivity index is 2.97. The van der Waals surface area contributed by atoms with Gasteiger partial charge in [-0.1, -0.05) is 88.6 Å². The number of benzene rings is 1. The zero-order valence-corrected chi connectivity index (χ0v) is 32.7. The number of urea groups is 1. The average molecular weight is 756 g/mol. The minimum Gasteiger partial charge on any atom is -0.396 e. The Hall–Kier alpha value is -2.16. The first-order valence-electron chi connectivity index (χ1n) is 19.3. The van der Waals surface area contributed by atoms with Crippen LogP contribution in [0, 0.1) is 0 Å². The van der Waals surface area contributed by atoms with Gasteiger partial charge in [-0.3, -0.25) is 5.32 Å². The Labute approximate surface area is 314 Å². The number of nitrogens with two attached hydrogens (primary N) is 2. The lowest BCUT2D eigenvalue weighted by atomic mass is 10.0. The van der Waals surface area contributed by atoms with Crippen LogP contribution in [0.1, 0.15) is 94.6 Å². The van der Waals surface area contributed by atoms with Crippen molar-refractivity contribution < 1.29 is 34.2 Å². The fraction of sp³-hybridized carbons (Fsp3) is 0.737. The number of nitrogens with one attached hydrogen (secondary N) is 3. The highest BCUT2D eigenvalue weighted by atomic mass is 31.1. The van der Waals surface area contributed by atoms with Crippen molar-refractivity contribution in [1.29, 1.82) is 0 Å². The van der Waals surface area contributed by atoms with Gasteiger partial charge in [-0.05, 0) is 49.8 Å². The number of hydrogen-bond donors (Lipinski definition) is 8. The SMILES string of the molecule is C=C(NCCCCCCCCCN)C(Cc1ccc(C[P+](=C)O)cc1)N(CC(O)NCCOCCOCCON)C(=O)NCCCCCCCCO. The highest BCUT2D eigenvalue weighted by molar-refractivity contribution is 7.48. The molecule has 52 heavy (non-hydrogen) atoms. The van der Waals surface area contributed by atoms with Crippen molar-refractivity contribution >= 4 is 20.1 Å². The summed E-state index contributed by atoms with van der Waals surface area (Å²) in [5.41, 5.74) is 8.35. The van der Waals surface area contributed by atoms with Crippen molar-refractivity contribution in [3.63, 3.8) is 0 Å². The molecule has 0 bridgehead atoms. The molecule has 300 valence electrons. The number of hydrogen-bond acceptors (Lipinski definition) is 11. The molecule has 0 saturated heterocycles. The molecule has 0 aliphatic carbocycles. The van der Waals surface area contributed by atoms with E-state index in [1.165, 1.54) is 25.7 Å². The molecule has 0 heterocycles. The van der Waals surface area contributed by atoms with E-state index in [1.54, 1.807) is 4.90 Å². The van der Waals surface area contributed by atoms with Crippen LogP contribution in [0.2, 0.25) is 0 Å². The second-order valence-electron chi connectivity index (χ2n) is 13.2. The van der Waals surface area contributed by atoms with Crippen molar-refractivity contribution in [3.8, 4) is 0 Å². The molecular weight excluding hydrogens is 683 g/mol. The second-order valence-corrected chi connectivity index (χ2v) is 14.5. The predicted molar refractivity (Wildman–Crippen MR) is 213 cm³/mol. The largest absolute Gasteiger partial charge is 0.396 e. The molecule has 0 radical (unpaired) electrons. The van der Waals surface area contributed by atoms with Crippen molar-refractivity contribution in [3.05, 3.63) is 47.7 Å². The van der Waals surface area contributed by atoms with Crippen LogP contribution >= 0.6 is 7.77 Å². The van der Waals surface area contributed by atoms with Gasteiger partial charge in [0, 0.05) is 31.9 Å². The highest BCUT2D eigenvalue weighted by Gasteiger charge is 2.28. The molecule has 14 heteroatoms. The maximum atomic E-state index is 13.9. The molecule has 0 aliphatic heterocycles. The summed E-state index contributed by atoms with van der Waals surface area (Å²) in [5, 5.41) is 29.8. The monoisotopic (exact) mass is 756 g/mol. The van der Waals surface area contributed by atoms with E-state index in [0.717, 1.165) is 87.7 Å². The summed E-state index contributed by atoms with van der Waals surface area (Å²) in [6.45, 7) is 8.94. The molecule has 0 saturated carbocycles. The molecule has 1 aromatic carbocycles. The van der Waals surface area contributed by atoms with Gasteiger partial charge in [-0.15, -0.1) is 0 Å². The number of nitrogens with zero attached hydrogens (tertiary/aromatic N) is 1. The third kappa shape index (κ3) is 25.8. The first-order chi connectivity index (χ1) is 25.3. The Kier molecular flexibility index (Phi) is 30.8. The summed E-state index contributed by atoms with van der Waals surface area (Å²) in [7, 11) is -1.29. The van der Waals surface area contributed by atoms with E-state index in [0.29, 0.717) is 58.7 Å². The van der Waals surface area contributed by atoms with Gasteiger partial charge in [0.25, 0.3) is 0 Å². The summed E-state index contributed by atoms with van der Waals surface area (Å²) in [5.74, 6) is 4.99. The van der Waals surface area contributed by atoms with E-state index >= 15 is 0 Å². The van der Waals surface area contributed by atoms with E-state index < -0.39 is 20.0 Å². The highest BCUT2D eigenvalue weighted by Crippen LogP contribution is 2.22. The third-order valence-corrected chi connectivity index (χ3v) is 9.39. The number of aliphatic hydroxyl groups is 2. The van der Waals surface area contributed by atoms with E-state index in [2.05, 4.69) is 33.7 Å². The lowest BCUT2D eigenvalue weighted by Gasteiger charge is -2.35. The molecule has 10 N–H and O–H groups in total. The van der Waals surface area contributed by atoms with Gasteiger partial charge < -0.3 is 45.8 Å². The number of rotatable bonds is 36. The molecule has 3 atom stereocenters. The molecule has 0 spiro atoms. The average Bonchev–Trinajstić information content (AvgIpc) is 3.13. The fourth-order valence-electron chi connectivity index (χ4n) is 5.73. The normalized spacial score (nSPS) is 12.8. The zero-order valence-electron chi connectivity index (χ0n) is 31.8. The lowest BCUT2D eigenvalue weighted by Crippen LogP contribution is -2.54. The van der Waals surface area contributed by atoms with Gasteiger partial charge in [-0.25, -0.2) is 10.7 Å². The van der Waals surface area contributed by atoms with Crippen LogP contribution in [-0.4, -0.2) is 117 Å². The summed E-state index contributed by atoms with van der Waals surface area (Å²) < 4.78 is 10.9. The number of amides is 2. The van der Waals surface area contributed by atoms with Gasteiger partial charge >= 0.3 is 6.03 Å². The van der Waals surface area contributed by atoms with Crippen molar-refractivity contribution in [2.24, 2.45) is 11.6 Å². The molecular formula is C38H72N6O7P+. The number of carbonyl (C=O) groups excluding carboxylic acids is 1. The Morgan fingerprint density at radius 1 is 0.788 bits per heavy atom. The van der Waals surface area contributed by atoms with Crippen LogP contribution in [-0.2, 0) is 26.9 Å². The van der Waals surface area contributed by atoms with Crippen LogP contribution in [0.3, 0.4) is 0 Å². The number of aliphatic hydroxyl groups excluding tert-OH is 2. The molecule has 0 fully saturated rings. The maximum Gasteiger partial charge on any atom is 0.318 e. The number of carbonyl (C=O) groups is 1. The van der Waals surface area contributed by atoms with Crippen molar-refractivity contribution in [2.75, 3.05) is 72.4 Å². The van der Waals surface area contributed by atoms with Crippen LogP contribution in [0.4, 0.5) is 4.79 Å². The lowest BCUT2D eigenvalue weighted by molar-refractivity contribution is 0.0117. The van der Waals surface area contributed by atoms with Gasteiger partial charge in [0.05, 0.1) is 45.6 Å². The zero-order chi connectivity index (χ0) is 38.1. The van der Waals surface area contributed by atoms with Crippen molar-refractivity contribution in [1.82, 2.24) is 20.9 Å². The molecule has 1 aromatic rings. The second kappa shape index (κ2) is 33.4. The standard InChI is InChI=1S/C38H71N6O7P/c1-33(41-21-13-9-5-3-4-8-12-20-39)36(30-34-16-18-35(19-17-34)32-52(2)48)44(38(47)43-22-14-10-6-7-11-15-24-45)31-37(46)42-23-25-49-26-27-50-28-29-51-40/h16-19,36-37,41-42,45-46H,1-15,20-32,39-40H2,(H-,43,47,48)/p+1. The van der Waals surface area contributed by atoms with Crippen LogP contribution in [0.5, 0.6) is 0 Å². The summed E-state index contributed by atoms with van der Waals surface area (Å²) in [4.78, 5) is 29.9. The predicted octanol–water partition coefficient (Wildman–Crippen LogP) is 3.89. The van der Waals surface area contributed by atoms with E-state index in [-0.39, 0.29) is 19.2 Å². The maximum absolute atomic E-state index is 13.9. The molecule has 2 amide bonds. The van der Waals surface area contributed by atoms with E-state index in [9.17, 15) is 14.8 Å². The first kappa shape index (κ1) is 47.9. The summed E-state index contributed by atoms with van der Waals surface area (Å²) in [6.07, 6.45) is 17.5. The quantitative estimate of drug-likeness (QED) is 0.0214. The Morgan fingerprint density at radius 3 is 1.92 bits per heavy atom. The minimum atomic E-state index is -1.29. The number of ether oxygens (including phenoxy) is 2.